The molecule has 0 unspecified atom stereocenters. The van der Waals surface area contributed by atoms with Crippen molar-refractivity contribution in [2.24, 2.45) is 0 Å². The average molecular weight is 384 g/mol. The molecule has 4 aromatic rings. The molecular weight excluding hydrogens is 360 g/mol. The maximum absolute atomic E-state index is 13.3. The van der Waals surface area contributed by atoms with Crippen LogP contribution in [0.1, 0.15) is 41.4 Å². The highest BCUT2D eigenvalue weighted by atomic mass is 16.2. The summed E-state index contributed by atoms with van der Waals surface area (Å²) in [5.74, 6) is -0.00542. The van der Waals surface area contributed by atoms with Crippen LogP contribution in [0.15, 0.2) is 79.4 Å². The minimum Gasteiger partial charge on any atom is -0.346 e. The Morgan fingerprint density at radius 2 is 1.90 bits per heavy atom. The van der Waals surface area contributed by atoms with Gasteiger partial charge in [0.2, 0.25) is 0 Å². The van der Waals surface area contributed by atoms with Crippen molar-refractivity contribution in [3.63, 3.8) is 0 Å². The number of rotatable bonds is 5. The van der Waals surface area contributed by atoms with Gasteiger partial charge in [0.05, 0.1) is 12.4 Å². The van der Waals surface area contributed by atoms with Crippen LogP contribution in [0.4, 0.5) is 0 Å². The van der Waals surface area contributed by atoms with E-state index < -0.39 is 0 Å². The molecule has 1 aliphatic carbocycles. The summed E-state index contributed by atoms with van der Waals surface area (Å²) in [6.45, 7) is 0.673. The first-order chi connectivity index (χ1) is 14.3. The van der Waals surface area contributed by atoms with Crippen LogP contribution in [0.5, 0.6) is 0 Å². The molecule has 2 atom stereocenters. The van der Waals surface area contributed by atoms with Crippen molar-refractivity contribution in [2.45, 2.75) is 37.9 Å². The second kappa shape index (κ2) is 7.59. The van der Waals surface area contributed by atoms with Crippen molar-refractivity contribution in [1.29, 1.82) is 0 Å². The highest BCUT2D eigenvalue weighted by Crippen LogP contribution is 2.30. The van der Waals surface area contributed by atoms with E-state index in [1.807, 2.05) is 48.9 Å². The Labute approximate surface area is 170 Å². The number of carbonyl (C=O) groups excluding carboxylic acids is 1. The van der Waals surface area contributed by atoms with Crippen LogP contribution >= 0.6 is 0 Å². The molecule has 146 valence electrons. The van der Waals surface area contributed by atoms with E-state index >= 15 is 0 Å². The molecule has 1 aliphatic rings. The first kappa shape index (κ1) is 17.7. The van der Waals surface area contributed by atoms with E-state index in [9.17, 15) is 4.79 Å². The van der Waals surface area contributed by atoms with Crippen LogP contribution in [0, 0.1) is 0 Å². The first-order valence-corrected chi connectivity index (χ1v) is 10.2. The van der Waals surface area contributed by atoms with Crippen LogP contribution in [-0.4, -0.2) is 26.1 Å². The van der Waals surface area contributed by atoms with E-state index in [1.54, 1.807) is 6.20 Å². The monoisotopic (exact) mass is 384 g/mol. The summed E-state index contributed by atoms with van der Waals surface area (Å²) < 4.78 is 4.25. The van der Waals surface area contributed by atoms with Crippen LogP contribution in [0.3, 0.4) is 0 Å². The minimum absolute atomic E-state index is 0.00542. The van der Waals surface area contributed by atoms with Gasteiger partial charge in [0.15, 0.2) is 0 Å². The summed E-state index contributed by atoms with van der Waals surface area (Å²) in [7, 11) is 0. The van der Waals surface area contributed by atoms with Gasteiger partial charge in [0, 0.05) is 35.9 Å². The number of nitrogens with one attached hydrogen (secondary N) is 1. The van der Waals surface area contributed by atoms with Crippen LogP contribution < -0.4 is 5.32 Å². The molecule has 2 aromatic carbocycles. The third-order valence-electron chi connectivity index (χ3n) is 5.93. The predicted molar refractivity (Wildman–Crippen MR) is 114 cm³/mol. The SMILES string of the molecule is O=C(N[C@H]1CCC[C@@H]1n1ccnc1)c1cc2ccccc2n1Cc1ccccc1. The van der Waals surface area contributed by atoms with Gasteiger partial charge in [-0.3, -0.25) is 4.79 Å². The number of nitrogens with zero attached hydrogens (tertiary/aromatic N) is 3. The Morgan fingerprint density at radius 3 is 2.72 bits per heavy atom. The van der Waals surface area contributed by atoms with Crippen LogP contribution in [-0.2, 0) is 6.54 Å². The number of imidazole rings is 1. The summed E-state index contributed by atoms with van der Waals surface area (Å²) >= 11 is 0. The fraction of sp³-hybridized carbons (Fsp3) is 0.250. The Balaban J connectivity index is 1.46. The highest BCUT2D eigenvalue weighted by molar-refractivity contribution is 5.99. The van der Waals surface area contributed by atoms with E-state index in [0.29, 0.717) is 12.2 Å². The van der Waals surface area contributed by atoms with Crippen molar-refractivity contribution >= 4 is 16.8 Å². The summed E-state index contributed by atoms with van der Waals surface area (Å²) in [5.41, 5.74) is 2.98. The maximum atomic E-state index is 13.3. The number of aromatic nitrogens is 3. The molecule has 0 aliphatic heterocycles. The summed E-state index contributed by atoms with van der Waals surface area (Å²) in [4.78, 5) is 17.5. The van der Waals surface area contributed by atoms with E-state index in [4.69, 9.17) is 0 Å². The fourth-order valence-electron chi connectivity index (χ4n) is 4.51. The molecule has 5 heteroatoms. The van der Waals surface area contributed by atoms with Crippen molar-refractivity contribution < 1.29 is 4.79 Å². The molecule has 1 N–H and O–H groups in total. The van der Waals surface area contributed by atoms with Gasteiger partial charge in [-0.15, -0.1) is 0 Å². The lowest BCUT2D eigenvalue weighted by atomic mass is 10.1. The van der Waals surface area contributed by atoms with Gasteiger partial charge >= 0.3 is 0 Å². The number of hydrogen-bond donors (Lipinski definition) is 1. The first-order valence-electron chi connectivity index (χ1n) is 10.2. The van der Waals surface area contributed by atoms with Gasteiger partial charge in [0.1, 0.15) is 5.69 Å². The Bertz CT molecular complexity index is 1110. The zero-order chi connectivity index (χ0) is 19.6. The second-order valence-electron chi connectivity index (χ2n) is 7.75. The second-order valence-corrected chi connectivity index (χ2v) is 7.75. The number of carbonyl (C=O) groups is 1. The van der Waals surface area contributed by atoms with E-state index in [-0.39, 0.29) is 18.0 Å². The van der Waals surface area contributed by atoms with Gasteiger partial charge in [0.25, 0.3) is 5.91 Å². The molecule has 2 heterocycles. The van der Waals surface area contributed by atoms with Crippen LogP contribution in [0.25, 0.3) is 10.9 Å². The minimum atomic E-state index is -0.00542. The number of para-hydroxylation sites is 1. The third kappa shape index (κ3) is 3.44. The summed E-state index contributed by atoms with van der Waals surface area (Å²) in [6.07, 6.45) is 8.81. The molecule has 1 saturated carbocycles. The summed E-state index contributed by atoms with van der Waals surface area (Å²) in [5, 5.41) is 4.40. The lowest BCUT2D eigenvalue weighted by Gasteiger charge is -2.22. The number of benzene rings is 2. The largest absolute Gasteiger partial charge is 0.346 e. The van der Waals surface area contributed by atoms with Gasteiger partial charge < -0.3 is 14.5 Å². The van der Waals surface area contributed by atoms with Crippen molar-refractivity contribution in [1.82, 2.24) is 19.4 Å². The number of amides is 1. The standard InChI is InChI=1S/C24H24N4O/c29-24(26-20-10-6-12-22(20)27-14-13-25-17-27)23-15-19-9-4-5-11-21(19)28(23)16-18-7-2-1-3-8-18/h1-5,7-9,11,13-15,17,20,22H,6,10,12,16H2,(H,26,29)/t20-,22-/m0/s1. The number of fused-ring (bicyclic) bond motifs is 1. The molecule has 0 saturated heterocycles. The van der Waals surface area contributed by atoms with Crippen LogP contribution in [0.2, 0.25) is 0 Å². The Morgan fingerprint density at radius 1 is 1.07 bits per heavy atom. The maximum Gasteiger partial charge on any atom is 0.268 e. The number of hydrogen-bond acceptors (Lipinski definition) is 2. The van der Waals surface area contributed by atoms with Gasteiger partial charge in [-0.25, -0.2) is 4.98 Å². The van der Waals surface area contributed by atoms with Gasteiger partial charge in [-0.1, -0.05) is 48.5 Å². The lowest BCUT2D eigenvalue weighted by Crippen LogP contribution is -2.39. The van der Waals surface area contributed by atoms with E-state index in [0.717, 1.165) is 30.2 Å². The fourth-order valence-corrected chi connectivity index (χ4v) is 4.51. The van der Waals surface area contributed by atoms with Crippen molar-refractivity contribution in [3.05, 3.63) is 90.6 Å². The Kier molecular flexibility index (Phi) is 4.64. The molecule has 2 aromatic heterocycles. The van der Waals surface area contributed by atoms with Crippen molar-refractivity contribution in [2.75, 3.05) is 0 Å². The molecule has 5 nitrogen and oxygen atoms in total. The quantitative estimate of drug-likeness (QED) is 0.554. The van der Waals surface area contributed by atoms with Crippen molar-refractivity contribution in [3.8, 4) is 0 Å². The molecule has 0 radical (unpaired) electrons. The Hall–Kier alpha value is -3.34. The molecule has 29 heavy (non-hydrogen) atoms. The smallest absolute Gasteiger partial charge is 0.268 e. The molecule has 1 fully saturated rings. The molecule has 0 bridgehead atoms. The zero-order valence-corrected chi connectivity index (χ0v) is 16.2. The van der Waals surface area contributed by atoms with Gasteiger partial charge in [-0.2, -0.15) is 0 Å². The molecule has 1 amide bonds. The topological polar surface area (TPSA) is 51.9 Å². The van der Waals surface area contributed by atoms with E-state index in [1.165, 1.54) is 5.56 Å². The lowest BCUT2D eigenvalue weighted by molar-refractivity contribution is 0.0920. The molecule has 0 spiro atoms. The molecule has 5 rings (SSSR count). The third-order valence-corrected chi connectivity index (χ3v) is 5.93. The highest BCUT2D eigenvalue weighted by Gasteiger charge is 2.30. The normalized spacial score (nSPS) is 18.9. The average Bonchev–Trinajstić information content (AvgIpc) is 3.49. The summed E-state index contributed by atoms with van der Waals surface area (Å²) in [6, 6.07) is 20.9. The molecular formula is C24H24N4O. The predicted octanol–water partition coefficient (Wildman–Crippen LogP) is 4.41. The van der Waals surface area contributed by atoms with Gasteiger partial charge in [-0.05, 0) is 37.0 Å². The van der Waals surface area contributed by atoms with E-state index in [2.05, 4.69) is 43.7 Å². The zero-order valence-electron chi connectivity index (χ0n) is 16.2.